The van der Waals surface area contributed by atoms with Gasteiger partial charge in [-0.2, -0.15) is 0 Å². The average Bonchev–Trinajstić information content (AvgIpc) is 2.71. The topological polar surface area (TPSA) is 66.6 Å². The summed E-state index contributed by atoms with van der Waals surface area (Å²) in [5, 5.41) is 15.1. The molecular weight excluding hydrogens is 254 g/mol. The van der Waals surface area contributed by atoms with Gasteiger partial charge >= 0.3 is 0 Å². The van der Waals surface area contributed by atoms with Crippen molar-refractivity contribution in [2.45, 2.75) is 25.8 Å². The molecule has 2 N–H and O–H groups in total. The molecule has 0 aromatic carbocycles. The fourth-order valence-electron chi connectivity index (χ4n) is 2.14. The number of fused-ring (bicyclic) bond motifs is 1. The molecule has 0 unspecified atom stereocenters. The van der Waals surface area contributed by atoms with Crippen LogP contribution in [0.3, 0.4) is 0 Å². The second-order valence-electron chi connectivity index (χ2n) is 4.22. The zero-order valence-corrected chi connectivity index (χ0v) is 10.8. The van der Waals surface area contributed by atoms with Crippen molar-refractivity contribution in [1.29, 1.82) is 0 Å². The van der Waals surface area contributed by atoms with Gasteiger partial charge in [-0.3, -0.25) is 4.79 Å². The second-order valence-corrected chi connectivity index (χ2v) is 4.60. The lowest BCUT2D eigenvalue weighted by molar-refractivity contribution is 0.0946. The monoisotopic (exact) mass is 269 g/mol. The number of unbranched alkanes of at least 4 members (excludes halogenated alkanes) is 1. The highest BCUT2D eigenvalue weighted by Gasteiger charge is 2.23. The van der Waals surface area contributed by atoms with Crippen molar-refractivity contribution >= 4 is 23.2 Å². The summed E-state index contributed by atoms with van der Waals surface area (Å²) < 4.78 is 1.90. The van der Waals surface area contributed by atoms with Gasteiger partial charge in [0.05, 0.1) is 5.71 Å². The first-order chi connectivity index (χ1) is 8.77. The Hall–Kier alpha value is -1.49. The lowest BCUT2D eigenvalue weighted by Gasteiger charge is -2.08. The molecule has 0 saturated carbocycles. The molecule has 0 radical (unpaired) electrons. The lowest BCUT2D eigenvalue weighted by Crippen LogP contribution is -2.25. The first kappa shape index (κ1) is 13.0. The summed E-state index contributed by atoms with van der Waals surface area (Å²) >= 11 is 5.64. The summed E-state index contributed by atoms with van der Waals surface area (Å²) in [7, 11) is 0. The number of carbonyl (C=O) groups is 1. The average molecular weight is 270 g/mol. The Kier molecular flexibility index (Phi) is 4.25. The fourth-order valence-corrected chi connectivity index (χ4v) is 2.33. The molecule has 0 spiro atoms. The first-order valence-electron chi connectivity index (χ1n) is 6.02. The molecule has 1 aliphatic heterocycles. The number of nitrogens with one attached hydrogen (secondary N) is 1. The van der Waals surface area contributed by atoms with Crippen LogP contribution in [0.2, 0.25) is 0 Å². The number of aryl methyl sites for hydroxylation is 1. The van der Waals surface area contributed by atoms with Crippen molar-refractivity contribution < 1.29 is 10.0 Å². The van der Waals surface area contributed by atoms with Crippen molar-refractivity contribution in [2.75, 3.05) is 12.4 Å². The van der Waals surface area contributed by atoms with Crippen molar-refractivity contribution in [3.63, 3.8) is 0 Å². The third kappa shape index (κ3) is 2.51. The Morgan fingerprint density at radius 3 is 3.06 bits per heavy atom. The lowest BCUT2D eigenvalue weighted by atomic mass is 10.1. The fraction of sp³-hybridized carbons (Fsp3) is 0.500. The van der Waals surface area contributed by atoms with Gasteiger partial charge in [0.2, 0.25) is 0 Å². The van der Waals surface area contributed by atoms with Gasteiger partial charge in [-0.1, -0.05) is 5.16 Å². The number of hydrogen-bond acceptors (Lipinski definition) is 3. The minimum atomic E-state index is -0.112. The maximum absolute atomic E-state index is 12.0. The van der Waals surface area contributed by atoms with E-state index in [-0.39, 0.29) is 5.91 Å². The number of aromatic nitrogens is 1. The van der Waals surface area contributed by atoms with Crippen LogP contribution in [-0.2, 0) is 6.54 Å². The summed E-state index contributed by atoms with van der Waals surface area (Å²) in [5.74, 6) is 0.512. The van der Waals surface area contributed by atoms with Gasteiger partial charge in [0.15, 0.2) is 0 Å². The molecule has 2 rings (SSSR count). The molecule has 0 atom stereocenters. The van der Waals surface area contributed by atoms with Gasteiger partial charge in [0.25, 0.3) is 5.91 Å². The summed E-state index contributed by atoms with van der Waals surface area (Å²) in [6, 6.07) is 1.83. The number of carbonyl (C=O) groups excluding carboxylic acids is 1. The minimum absolute atomic E-state index is 0.112. The first-order valence-corrected chi connectivity index (χ1v) is 6.56. The maximum Gasteiger partial charge on any atom is 0.268 e. The van der Waals surface area contributed by atoms with E-state index < -0.39 is 0 Å². The van der Waals surface area contributed by atoms with E-state index in [4.69, 9.17) is 16.8 Å². The van der Waals surface area contributed by atoms with Crippen LogP contribution >= 0.6 is 11.6 Å². The second kappa shape index (κ2) is 5.91. The molecule has 6 heteroatoms. The number of hydrogen-bond donors (Lipinski definition) is 2. The highest BCUT2D eigenvalue weighted by atomic mass is 35.5. The Morgan fingerprint density at radius 2 is 2.33 bits per heavy atom. The van der Waals surface area contributed by atoms with Crippen molar-refractivity contribution in [1.82, 2.24) is 9.88 Å². The molecular formula is C12H16ClN3O2. The zero-order valence-electron chi connectivity index (χ0n) is 10.0. The molecule has 0 fully saturated rings. The number of rotatable bonds is 4. The summed E-state index contributed by atoms with van der Waals surface area (Å²) in [6.45, 7) is 1.24. The van der Waals surface area contributed by atoms with Crippen LogP contribution in [0, 0.1) is 0 Å². The van der Waals surface area contributed by atoms with Crippen molar-refractivity contribution in [3.05, 3.63) is 23.5 Å². The van der Waals surface area contributed by atoms with Crippen LogP contribution < -0.4 is 5.32 Å². The molecule has 18 heavy (non-hydrogen) atoms. The number of nitrogens with zero attached hydrogens (tertiary/aromatic N) is 2. The van der Waals surface area contributed by atoms with Crippen LogP contribution in [0.15, 0.2) is 17.4 Å². The molecule has 98 valence electrons. The summed E-state index contributed by atoms with van der Waals surface area (Å²) in [6.07, 6.45) is 4.23. The van der Waals surface area contributed by atoms with E-state index in [1.165, 1.54) is 0 Å². The number of alkyl halides is 1. The molecule has 1 aromatic rings. The third-order valence-corrected chi connectivity index (χ3v) is 3.31. The van der Waals surface area contributed by atoms with Crippen LogP contribution in [0.25, 0.3) is 0 Å². The summed E-state index contributed by atoms with van der Waals surface area (Å²) in [4.78, 5) is 12.0. The highest BCUT2D eigenvalue weighted by molar-refractivity contribution is 6.17. The molecule has 1 aromatic heterocycles. The molecule has 1 aliphatic rings. The van der Waals surface area contributed by atoms with E-state index >= 15 is 0 Å². The van der Waals surface area contributed by atoms with Crippen LogP contribution in [-0.4, -0.2) is 33.8 Å². The van der Waals surface area contributed by atoms with E-state index in [1.807, 2.05) is 16.8 Å². The van der Waals surface area contributed by atoms with E-state index in [2.05, 4.69) is 10.5 Å². The normalized spacial score (nSPS) is 17.4. The van der Waals surface area contributed by atoms with Crippen LogP contribution in [0.5, 0.6) is 0 Å². The zero-order chi connectivity index (χ0) is 13.0. The van der Waals surface area contributed by atoms with E-state index in [1.54, 1.807) is 0 Å². The molecule has 0 bridgehead atoms. The Morgan fingerprint density at radius 1 is 1.50 bits per heavy atom. The SMILES string of the molecule is O=C1NCCC(=NO)c2ccn(CCCCCl)c21. The third-order valence-electron chi connectivity index (χ3n) is 3.04. The molecule has 0 aliphatic carbocycles. The Balaban J connectivity index is 2.29. The quantitative estimate of drug-likeness (QED) is 0.379. The largest absolute Gasteiger partial charge is 0.411 e. The number of halogens is 1. The standard InChI is InChI=1S/C12H16ClN3O2/c13-5-1-2-7-16-8-4-9-10(15-18)3-6-14-12(17)11(9)16/h4,8,18H,1-3,5-7H2,(H,14,17). The van der Waals surface area contributed by atoms with Gasteiger partial charge in [-0.25, -0.2) is 0 Å². The minimum Gasteiger partial charge on any atom is -0.411 e. The van der Waals surface area contributed by atoms with E-state index in [0.717, 1.165) is 24.9 Å². The molecule has 5 nitrogen and oxygen atoms in total. The van der Waals surface area contributed by atoms with E-state index in [0.29, 0.717) is 30.3 Å². The Bertz CT molecular complexity index is 468. The molecule has 0 saturated heterocycles. The van der Waals surface area contributed by atoms with Crippen molar-refractivity contribution in [2.24, 2.45) is 5.16 Å². The number of amides is 1. The number of oxime groups is 1. The highest BCUT2D eigenvalue weighted by Crippen LogP contribution is 2.17. The predicted octanol–water partition coefficient (Wildman–Crippen LogP) is 1.82. The van der Waals surface area contributed by atoms with Gasteiger partial charge in [0.1, 0.15) is 5.69 Å². The summed E-state index contributed by atoms with van der Waals surface area (Å²) in [5.41, 5.74) is 1.85. The predicted molar refractivity (Wildman–Crippen MR) is 69.7 cm³/mol. The Labute approximate surface area is 110 Å². The van der Waals surface area contributed by atoms with E-state index in [9.17, 15) is 4.79 Å². The van der Waals surface area contributed by atoms with Crippen LogP contribution in [0.4, 0.5) is 0 Å². The van der Waals surface area contributed by atoms with Gasteiger partial charge < -0.3 is 15.1 Å². The van der Waals surface area contributed by atoms with Crippen LogP contribution in [0.1, 0.15) is 35.3 Å². The van der Waals surface area contributed by atoms with Gasteiger partial charge in [-0.15, -0.1) is 11.6 Å². The van der Waals surface area contributed by atoms with Gasteiger partial charge in [-0.05, 0) is 18.9 Å². The van der Waals surface area contributed by atoms with Crippen molar-refractivity contribution in [3.8, 4) is 0 Å². The van der Waals surface area contributed by atoms with Gasteiger partial charge in [0, 0.05) is 37.2 Å². The molecule has 1 amide bonds. The molecule has 2 heterocycles. The maximum atomic E-state index is 12.0. The smallest absolute Gasteiger partial charge is 0.268 e.